The first-order valence-corrected chi connectivity index (χ1v) is 6.78. The van der Waals surface area contributed by atoms with E-state index in [0.29, 0.717) is 15.7 Å². The van der Waals surface area contributed by atoms with Crippen molar-refractivity contribution in [1.29, 1.82) is 0 Å². The van der Waals surface area contributed by atoms with Crippen LogP contribution in [0.2, 0.25) is 0 Å². The van der Waals surface area contributed by atoms with Gasteiger partial charge in [-0.05, 0) is 51.8 Å². The highest BCUT2D eigenvalue weighted by molar-refractivity contribution is 9.10. The number of benzene rings is 1. The van der Waals surface area contributed by atoms with Crippen molar-refractivity contribution in [2.75, 3.05) is 5.32 Å². The lowest BCUT2D eigenvalue weighted by atomic mass is 10.2. The number of carboxylic acids is 1. The number of aliphatic carboxylic acids is 1. The minimum Gasteiger partial charge on any atom is -0.478 e. The van der Waals surface area contributed by atoms with Crippen molar-refractivity contribution in [1.82, 2.24) is 4.98 Å². The van der Waals surface area contributed by atoms with Gasteiger partial charge in [-0.15, -0.1) is 0 Å². The molecular formula is C15H11BrN2O3. The Morgan fingerprint density at radius 2 is 2.05 bits per heavy atom. The Morgan fingerprint density at radius 3 is 2.76 bits per heavy atom. The predicted molar refractivity (Wildman–Crippen MR) is 83.0 cm³/mol. The molecule has 2 N–H and O–H groups in total. The zero-order valence-corrected chi connectivity index (χ0v) is 12.4. The van der Waals surface area contributed by atoms with Gasteiger partial charge in [0.2, 0.25) is 0 Å². The van der Waals surface area contributed by atoms with Crippen LogP contribution in [0.4, 0.5) is 5.69 Å². The molecule has 1 aromatic heterocycles. The zero-order chi connectivity index (χ0) is 15.2. The molecule has 0 unspecified atom stereocenters. The summed E-state index contributed by atoms with van der Waals surface area (Å²) in [6.07, 6.45) is 4.02. The normalized spacial score (nSPS) is 10.5. The Kier molecular flexibility index (Phi) is 4.84. The van der Waals surface area contributed by atoms with Crippen molar-refractivity contribution >= 4 is 39.6 Å². The van der Waals surface area contributed by atoms with Crippen molar-refractivity contribution < 1.29 is 14.7 Å². The number of aromatic nitrogens is 1. The van der Waals surface area contributed by atoms with Crippen LogP contribution >= 0.6 is 15.9 Å². The van der Waals surface area contributed by atoms with Crippen LogP contribution in [-0.4, -0.2) is 22.0 Å². The summed E-state index contributed by atoms with van der Waals surface area (Å²) < 4.78 is 0.601. The van der Waals surface area contributed by atoms with Gasteiger partial charge in [0.15, 0.2) is 0 Å². The zero-order valence-electron chi connectivity index (χ0n) is 10.8. The molecule has 1 aromatic carbocycles. The molecule has 0 aliphatic heterocycles. The largest absolute Gasteiger partial charge is 0.478 e. The van der Waals surface area contributed by atoms with Gasteiger partial charge in [-0.1, -0.05) is 12.1 Å². The van der Waals surface area contributed by atoms with Gasteiger partial charge in [-0.25, -0.2) is 9.78 Å². The van der Waals surface area contributed by atoms with E-state index in [9.17, 15) is 9.59 Å². The maximum absolute atomic E-state index is 12.1. The first-order chi connectivity index (χ1) is 10.1. The van der Waals surface area contributed by atoms with Crippen LogP contribution in [0.3, 0.4) is 0 Å². The molecule has 6 heteroatoms. The topological polar surface area (TPSA) is 79.3 Å². The van der Waals surface area contributed by atoms with Crippen molar-refractivity contribution in [3.63, 3.8) is 0 Å². The molecule has 0 aliphatic carbocycles. The van der Waals surface area contributed by atoms with E-state index in [-0.39, 0.29) is 11.6 Å². The fourth-order valence-electron chi connectivity index (χ4n) is 1.63. The number of amides is 1. The van der Waals surface area contributed by atoms with Gasteiger partial charge in [-0.2, -0.15) is 0 Å². The number of anilines is 1. The number of hydrogen-bond donors (Lipinski definition) is 2. The Bertz CT molecular complexity index is 714. The van der Waals surface area contributed by atoms with Crippen LogP contribution in [0, 0.1) is 0 Å². The number of carbonyl (C=O) groups excluding carboxylic acids is 1. The Morgan fingerprint density at radius 1 is 1.24 bits per heavy atom. The summed E-state index contributed by atoms with van der Waals surface area (Å²) >= 11 is 3.27. The average molecular weight is 347 g/mol. The lowest BCUT2D eigenvalue weighted by molar-refractivity contribution is -0.131. The third-order valence-electron chi connectivity index (χ3n) is 2.54. The molecular weight excluding hydrogens is 336 g/mol. The van der Waals surface area contributed by atoms with Crippen LogP contribution in [0.15, 0.2) is 53.1 Å². The van der Waals surface area contributed by atoms with Gasteiger partial charge in [-0.3, -0.25) is 4.79 Å². The first-order valence-electron chi connectivity index (χ1n) is 5.99. The Labute approximate surface area is 129 Å². The summed E-state index contributed by atoms with van der Waals surface area (Å²) in [7, 11) is 0. The third kappa shape index (κ3) is 4.25. The minimum atomic E-state index is -1.03. The van der Waals surface area contributed by atoms with Gasteiger partial charge in [0.05, 0.1) is 0 Å². The fourth-order valence-corrected chi connectivity index (χ4v) is 2.07. The van der Waals surface area contributed by atoms with Crippen LogP contribution in [-0.2, 0) is 4.79 Å². The number of hydrogen-bond acceptors (Lipinski definition) is 3. The number of nitrogens with one attached hydrogen (secondary N) is 1. The number of rotatable bonds is 4. The van der Waals surface area contributed by atoms with Gasteiger partial charge < -0.3 is 10.4 Å². The number of carbonyl (C=O) groups is 2. The second kappa shape index (κ2) is 6.81. The molecule has 1 amide bonds. The molecule has 5 nitrogen and oxygen atoms in total. The van der Waals surface area contributed by atoms with Gasteiger partial charge in [0.25, 0.3) is 5.91 Å². The fraction of sp³-hybridized carbons (Fsp3) is 0. The molecule has 0 radical (unpaired) electrons. The van der Waals surface area contributed by atoms with E-state index in [1.165, 1.54) is 12.3 Å². The molecule has 0 fully saturated rings. The highest BCUT2D eigenvalue weighted by Gasteiger charge is 2.11. The molecule has 0 saturated heterocycles. The molecule has 2 rings (SSSR count). The van der Waals surface area contributed by atoms with Crippen LogP contribution < -0.4 is 5.32 Å². The highest BCUT2D eigenvalue weighted by atomic mass is 79.9. The van der Waals surface area contributed by atoms with Crippen molar-refractivity contribution in [3.05, 3.63) is 64.4 Å². The molecule has 2 aromatic rings. The van der Waals surface area contributed by atoms with E-state index in [2.05, 4.69) is 26.2 Å². The van der Waals surface area contributed by atoms with E-state index < -0.39 is 5.97 Å². The minimum absolute atomic E-state index is 0.281. The second-order valence-electron chi connectivity index (χ2n) is 4.08. The molecule has 0 atom stereocenters. The molecule has 106 valence electrons. The van der Waals surface area contributed by atoms with Crippen LogP contribution in [0.5, 0.6) is 0 Å². The monoisotopic (exact) mass is 346 g/mol. The molecule has 0 spiro atoms. The third-order valence-corrected chi connectivity index (χ3v) is 3.18. The SMILES string of the molecule is O=C(O)/C=C/c1cccc(NC(=O)c2ncccc2Br)c1. The number of nitrogens with zero attached hydrogens (tertiary/aromatic N) is 1. The summed E-state index contributed by atoms with van der Waals surface area (Å²) in [5.41, 5.74) is 1.52. The van der Waals surface area contributed by atoms with Crippen molar-refractivity contribution in [2.24, 2.45) is 0 Å². The summed E-state index contributed by atoms with van der Waals surface area (Å²) in [5.74, 6) is -1.37. The standard InChI is InChI=1S/C15H11BrN2O3/c16-12-5-2-8-17-14(12)15(21)18-11-4-1-3-10(9-11)6-7-13(19)20/h1-9H,(H,18,21)(H,19,20)/b7-6+. The first kappa shape index (κ1) is 14.9. The molecule has 21 heavy (non-hydrogen) atoms. The summed E-state index contributed by atoms with van der Waals surface area (Å²) in [6.45, 7) is 0. The summed E-state index contributed by atoms with van der Waals surface area (Å²) in [5, 5.41) is 11.3. The molecule has 1 heterocycles. The van der Waals surface area contributed by atoms with E-state index in [1.54, 1.807) is 36.4 Å². The van der Waals surface area contributed by atoms with Gasteiger partial charge in [0.1, 0.15) is 5.69 Å². The highest BCUT2D eigenvalue weighted by Crippen LogP contribution is 2.17. The second-order valence-corrected chi connectivity index (χ2v) is 4.94. The maximum Gasteiger partial charge on any atom is 0.328 e. The maximum atomic E-state index is 12.1. The lowest BCUT2D eigenvalue weighted by Crippen LogP contribution is -2.14. The lowest BCUT2D eigenvalue weighted by Gasteiger charge is -2.06. The summed E-state index contributed by atoms with van der Waals surface area (Å²) in [6, 6.07) is 10.3. The molecule has 0 aliphatic rings. The molecule has 0 saturated carbocycles. The van der Waals surface area contributed by atoms with Crippen LogP contribution in [0.1, 0.15) is 16.1 Å². The quantitative estimate of drug-likeness (QED) is 0.833. The van der Waals surface area contributed by atoms with Crippen molar-refractivity contribution in [2.45, 2.75) is 0 Å². The Balaban J connectivity index is 2.17. The predicted octanol–water partition coefficient (Wildman–Crippen LogP) is 3.19. The molecule has 0 bridgehead atoms. The Hall–Kier alpha value is -2.47. The van der Waals surface area contributed by atoms with Gasteiger partial charge >= 0.3 is 5.97 Å². The van der Waals surface area contributed by atoms with E-state index in [4.69, 9.17) is 5.11 Å². The van der Waals surface area contributed by atoms with Gasteiger partial charge in [0, 0.05) is 22.4 Å². The van der Waals surface area contributed by atoms with E-state index in [0.717, 1.165) is 6.08 Å². The summed E-state index contributed by atoms with van der Waals surface area (Å²) in [4.78, 5) is 26.6. The van der Waals surface area contributed by atoms with Crippen LogP contribution in [0.25, 0.3) is 6.08 Å². The number of halogens is 1. The van der Waals surface area contributed by atoms with E-state index in [1.807, 2.05) is 0 Å². The van der Waals surface area contributed by atoms with E-state index >= 15 is 0 Å². The number of carboxylic acid groups (broad SMARTS) is 1. The number of pyridine rings is 1. The smallest absolute Gasteiger partial charge is 0.328 e. The average Bonchev–Trinajstić information content (AvgIpc) is 2.46. The van der Waals surface area contributed by atoms with Crippen molar-refractivity contribution in [3.8, 4) is 0 Å².